The zero-order chi connectivity index (χ0) is 18.1. The lowest BCUT2D eigenvalue weighted by molar-refractivity contribution is -0.115. The minimum Gasteiger partial charge on any atom is -0.365 e. The van der Waals surface area contributed by atoms with Crippen LogP contribution in [-0.2, 0) is 24.1 Å². The molecule has 1 aliphatic rings. The van der Waals surface area contributed by atoms with E-state index in [1.54, 1.807) is 0 Å². The van der Waals surface area contributed by atoms with Crippen molar-refractivity contribution in [2.75, 3.05) is 5.32 Å². The molecule has 1 aromatic carbocycles. The fourth-order valence-corrected chi connectivity index (χ4v) is 5.05. The molecule has 132 valence electrons. The third kappa shape index (κ3) is 3.61. The molecule has 3 rings (SSSR count). The molecule has 1 heterocycles. The number of nitrogens with one attached hydrogen (secondary N) is 1. The fraction of sp³-hybridized carbons (Fsp3) is 0.400. The summed E-state index contributed by atoms with van der Waals surface area (Å²) in [6, 6.07) is 4.18. The van der Waals surface area contributed by atoms with Crippen molar-refractivity contribution in [1.82, 2.24) is 0 Å². The van der Waals surface area contributed by atoms with Gasteiger partial charge >= 0.3 is 0 Å². The minimum atomic E-state index is -0.447. The number of hydrogen-bond donors (Lipinski definition) is 2. The first-order valence-electron chi connectivity index (χ1n) is 8.67. The van der Waals surface area contributed by atoms with Crippen LogP contribution in [0.2, 0.25) is 0 Å². The van der Waals surface area contributed by atoms with E-state index in [1.165, 1.54) is 21.8 Å². The topological polar surface area (TPSA) is 72.2 Å². The molecule has 0 saturated carbocycles. The highest BCUT2D eigenvalue weighted by Crippen LogP contribution is 2.38. The highest BCUT2D eigenvalue weighted by molar-refractivity contribution is 7.17. The molecule has 0 spiro atoms. The largest absolute Gasteiger partial charge is 0.365 e. The highest BCUT2D eigenvalue weighted by Gasteiger charge is 2.25. The molecular formula is C20H24N2O2S. The Bertz CT molecular complexity index is 829. The Morgan fingerprint density at radius 1 is 1.12 bits per heavy atom. The highest BCUT2D eigenvalue weighted by atomic mass is 32.1. The van der Waals surface area contributed by atoms with Crippen LogP contribution in [-0.4, -0.2) is 11.8 Å². The second-order valence-corrected chi connectivity index (χ2v) is 7.99. The Balaban J connectivity index is 1.85. The van der Waals surface area contributed by atoms with E-state index >= 15 is 0 Å². The van der Waals surface area contributed by atoms with E-state index in [0.717, 1.165) is 47.9 Å². The van der Waals surface area contributed by atoms with Crippen LogP contribution in [0, 0.1) is 20.8 Å². The van der Waals surface area contributed by atoms with Crippen LogP contribution in [0.25, 0.3) is 0 Å². The van der Waals surface area contributed by atoms with Crippen LogP contribution in [0.3, 0.4) is 0 Å². The van der Waals surface area contributed by atoms with E-state index in [2.05, 4.69) is 24.4 Å². The molecule has 2 aromatic rings. The Labute approximate surface area is 152 Å². The Morgan fingerprint density at radius 2 is 1.76 bits per heavy atom. The summed E-state index contributed by atoms with van der Waals surface area (Å²) in [6.07, 6.45) is 4.33. The van der Waals surface area contributed by atoms with E-state index < -0.39 is 5.91 Å². The number of carbonyl (C=O) groups is 2. The minimum absolute atomic E-state index is 0.101. The van der Waals surface area contributed by atoms with E-state index in [-0.39, 0.29) is 5.91 Å². The second kappa shape index (κ2) is 7.00. The van der Waals surface area contributed by atoms with Crippen LogP contribution in [0.15, 0.2) is 12.1 Å². The molecule has 5 heteroatoms. The third-order valence-corrected chi connectivity index (χ3v) is 6.06. The van der Waals surface area contributed by atoms with Gasteiger partial charge in [-0.05, 0) is 68.7 Å². The van der Waals surface area contributed by atoms with Crippen molar-refractivity contribution in [3.05, 3.63) is 50.4 Å². The van der Waals surface area contributed by atoms with Gasteiger partial charge in [-0.15, -0.1) is 11.3 Å². The maximum absolute atomic E-state index is 12.6. The van der Waals surface area contributed by atoms with Crippen LogP contribution in [0.4, 0.5) is 5.00 Å². The van der Waals surface area contributed by atoms with Gasteiger partial charge in [0, 0.05) is 4.88 Å². The first-order chi connectivity index (χ1) is 11.9. The van der Waals surface area contributed by atoms with Crippen molar-refractivity contribution >= 4 is 28.2 Å². The van der Waals surface area contributed by atoms with Gasteiger partial charge in [0.2, 0.25) is 5.91 Å². The quantitative estimate of drug-likeness (QED) is 0.874. The summed E-state index contributed by atoms with van der Waals surface area (Å²) in [5, 5.41) is 3.56. The smallest absolute Gasteiger partial charge is 0.251 e. The lowest BCUT2D eigenvalue weighted by Gasteiger charge is -2.12. The number of aryl methyl sites for hydroxylation is 4. The van der Waals surface area contributed by atoms with Gasteiger partial charge in [0.05, 0.1) is 12.0 Å². The number of nitrogens with two attached hydrogens (primary N) is 1. The van der Waals surface area contributed by atoms with E-state index in [1.807, 2.05) is 13.8 Å². The summed E-state index contributed by atoms with van der Waals surface area (Å²) in [4.78, 5) is 25.7. The molecule has 0 unspecified atom stereocenters. The molecule has 0 saturated heterocycles. The number of amides is 2. The summed E-state index contributed by atoms with van der Waals surface area (Å²) in [7, 11) is 0. The zero-order valence-electron chi connectivity index (χ0n) is 15.0. The molecule has 1 aliphatic carbocycles. The van der Waals surface area contributed by atoms with Gasteiger partial charge in [-0.2, -0.15) is 0 Å². The van der Waals surface area contributed by atoms with Gasteiger partial charge in [0.15, 0.2) is 0 Å². The van der Waals surface area contributed by atoms with Crippen molar-refractivity contribution in [3.8, 4) is 0 Å². The lowest BCUT2D eigenvalue weighted by Crippen LogP contribution is -2.20. The molecule has 0 bridgehead atoms. The number of thiophene rings is 1. The van der Waals surface area contributed by atoms with Gasteiger partial charge < -0.3 is 11.1 Å². The van der Waals surface area contributed by atoms with Crippen LogP contribution in [0.5, 0.6) is 0 Å². The molecule has 25 heavy (non-hydrogen) atoms. The van der Waals surface area contributed by atoms with Crippen molar-refractivity contribution in [1.29, 1.82) is 0 Å². The monoisotopic (exact) mass is 356 g/mol. The average Bonchev–Trinajstić information content (AvgIpc) is 2.88. The zero-order valence-corrected chi connectivity index (χ0v) is 15.8. The number of primary amides is 1. The summed E-state index contributed by atoms with van der Waals surface area (Å²) in [6.45, 7) is 6.11. The molecule has 1 aromatic heterocycles. The van der Waals surface area contributed by atoms with E-state index in [0.29, 0.717) is 17.0 Å². The second-order valence-electron chi connectivity index (χ2n) is 6.88. The normalized spacial score (nSPS) is 13.4. The average molecular weight is 356 g/mol. The Kier molecular flexibility index (Phi) is 4.95. The van der Waals surface area contributed by atoms with Gasteiger partial charge in [0.25, 0.3) is 5.91 Å². The van der Waals surface area contributed by atoms with Crippen molar-refractivity contribution in [2.45, 2.75) is 52.9 Å². The maximum Gasteiger partial charge on any atom is 0.251 e. The molecule has 0 radical (unpaired) electrons. The number of carbonyl (C=O) groups excluding carboxylic acids is 2. The molecule has 0 fully saturated rings. The van der Waals surface area contributed by atoms with E-state index in [9.17, 15) is 9.59 Å². The van der Waals surface area contributed by atoms with Crippen LogP contribution >= 0.6 is 11.3 Å². The summed E-state index contributed by atoms with van der Waals surface area (Å²) < 4.78 is 0. The van der Waals surface area contributed by atoms with E-state index in [4.69, 9.17) is 5.73 Å². The first kappa shape index (κ1) is 17.7. The molecule has 0 atom stereocenters. The number of benzene rings is 1. The lowest BCUT2D eigenvalue weighted by atomic mass is 9.95. The summed E-state index contributed by atoms with van der Waals surface area (Å²) in [5.74, 6) is -0.548. The van der Waals surface area contributed by atoms with Crippen molar-refractivity contribution in [2.24, 2.45) is 5.73 Å². The number of hydrogen-bond acceptors (Lipinski definition) is 3. The number of rotatable bonds is 4. The number of fused-ring (bicyclic) bond motifs is 1. The summed E-state index contributed by atoms with van der Waals surface area (Å²) in [5.41, 5.74) is 11.6. The predicted molar refractivity (Wildman–Crippen MR) is 102 cm³/mol. The third-order valence-electron chi connectivity index (χ3n) is 4.85. The Hall–Kier alpha value is -2.14. The fourth-order valence-electron chi connectivity index (χ4n) is 3.73. The van der Waals surface area contributed by atoms with Crippen LogP contribution < -0.4 is 11.1 Å². The molecule has 3 N–H and O–H groups in total. The Morgan fingerprint density at radius 3 is 2.40 bits per heavy atom. The van der Waals surface area contributed by atoms with Gasteiger partial charge in [-0.25, -0.2) is 0 Å². The molecule has 2 amide bonds. The predicted octanol–water partition coefficient (Wildman–Crippen LogP) is 3.83. The first-order valence-corrected chi connectivity index (χ1v) is 9.49. The van der Waals surface area contributed by atoms with Gasteiger partial charge in [0.1, 0.15) is 5.00 Å². The SMILES string of the molecule is Cc1cc(C)c(CC(=O)Nc2sc3c(c2C(N)=O)CCCC3)c(C)c1. The van der Waals surface area contributed by atoms with Gasteiger partial charge in [-0.1, -0.05) is 17.7 Å². The molecule has 4 nitrogen and oxygen atoms in total. The molecular weight excluding hydrogens is 332 g/mol. The van der Waals surface area contributed by atoms with Crippen molar-refractivity contribution < 1.29 is 9.59 Å². The number of anilines is 1. The molecule has 0 aliphatic heterocycles. The maximum atomic E-state index is 12.6. The van der Waals surface area contributed by atoms with Crippen LogP contribution in [0.1, 0.15) is 55.9 Å². The standard InChI is InChI=1S/C20H24N2O2S/c1-11-8-12(2)15(13(3)9-11)10-17(23)22-20-18(19(21)24)14-6-4-5-7-16(14)25-20/h8-9H,4-7,10H2,1-3H3,(H2,21,24)(H,22,23). The van der Waals surface area contributed by atoms with Crippen molar-refractivity contribution in [3.63, 3.8) is 0 Å². The summed E-state index contributed by atoms with van der Waals surface area (Å²) >= 11 is 1.51. The van der Waals surface area contributed by atoms with Gasteiger partial charge in [-0.3, -0.25) is 9.59 Å².